The highest BCUT2D eigenvalue weighted by Gasteiger charge is 2.45. The number of furan rings is 1. The first-order valence-electron chi connectivity index (χ1n) is 11.4. The van der Waals surface area contributed by atoms with Crippen molar-refractivity contribution in [1.29, 1.82) is 0 Å². The second kappa shape index (κ2) is 8.29. The minimum Gasteiger partial charge on any atom is -0.503 e. The summed E-state index contributed by atoms with van der Waals surface area (Å²) in [4.78, 5) is 32.7. The number of thiophene rings is 1. The maximum atomic E-state index is 13.7. The van der Waals surface area contributed by atoms with Crippen molar-refractivity contribution in [3.63, 3.8) is 0 Å². The monoisotopic (exact) mass is 482 g/mol. The third-order valence-electron chi connectivity index (χ3n) is 6.64. The number of aromatic amines is 1. The Morgan fingerprint density at radius 3 is 2.74 bits per heavy atom. The number of aryl methyl sites for hydroxylation is 1. The molecule has 0 radical (unpaired) electrons. The molecule has 0 saturated heterocycles. The van der Waals surface area contributed by atoms with Gasteiger partial charge < -0.3 is 19.4 Å². The molecule has 0 bridgehead atoms. The maximum Gasteiger partial charge on any atom is 0.290 e. The maximum absolute atomic E-state index is 13.7. The molecule has 1 atom stereocenters. The molecule has 4 heterocycles. The summed E-state index contributed by atoms with van der Waals surface area (Å²) in [7, 11) is 0. The number of carbonyl (C=O) groups excluding carboxylic acids is 2. The van der Waals surface area contributed by atoms with E-state index >= 15 is 0 Å². The van der Waals surface area contributed by atoms with E-state index in [1.807, 2.05) is 67.0 Å². The number of ketones is 1. The molecule has 35 heavy (non-hydrogen) atoms. The predicted molar refractivity (Wildman–Crippen MR) is 136 cm³/mol. The molecule has 174 valence electrons. The summed E-state index contributed by atoms with van der Waals surface area (Å²) in [5.74, 6) is -1.41. The summed E-state index contributed by atoms with van der Waals surface area (Å²) in [6.07, 6.45) is 2.53. The van der Waals surface area contributed by atoms with Crippen LogP contribution < -0.4 is 0 Å². The zero-order valence-electron chi connectivity index (χ0n) is 18.9. The van der Waals surface area contributed by atoms with Crippen LogP contribution in [-0.2, 0) is 11.2 Å². The van der Waals surface area contributed by atoms with Gasteiger partial charge in [-0.1, -0.05) is 36.4 Å². The Morgan fingerprint density at radius 1 is 1.14 bits per heavy atom. The molecule has 6 rings (SSSR count). The van der Waals surface area contributed by atoms with Gasteiger partial charge >= 0.3 is 0 Å². The number of hydrogen-bond acceptors (Lipinski definition) is 5. The minimum absolute atomic E-state index is 0.0681. The summed E-state index contributed by atoms with van der Waals surface area (Å²) < 4.78 is 5.80. The first-order valence-corrected chi connectivity index (χ1v) is 12.3. The average Bonchev–Trinajstić information content (AvgIpc) is 3.64. The van der Waals surface area contributed by atoms with Crippen molar-refractivity contribution in [3.05, 3.63) is 105 Å². The van der Waals surface area contributed by atoms with Crippen LogP contribution >= 0.6 is 11.3 Å². The lowest BCUT2D eigenvalue weighted by Crippen LogP contribution is -2.33. The highest BCUT2D eigenvalue weighted by molar-refractivity contribution is 7.10. The van der Waals surface area contributed by atoms with E-state index in [0.29, 0.717) is 18.5 Å². The lowest BCUT2D eigenvalue weighted by Gasteiger charge is -2.26. The third kappa shape index (κ3) is 3.47. The number of aliphatic hydroxyl groups excluding tert-OH is 1. The number of fused-ring (bicyclic) bond motifs is 2. The Balaban J connectivity index is 1.38. The number of nitrogens with one attached hydrogen (secondary N) is 1. The van der Waals surface area contributed by atoms with E-state index < -0.39 is 23.5 Å². The van der Waals surface area contributed by atoms with Gasteiger partial charge in [0.1, 0.15) is 11.6 Å². The fourth-order valence-corrected chi connectivity index (χ4v) is 5.91. The van der Waals surface area contributed by atoms with E-state index in [2.05, 4.69) is 4.98 Å². The van der Waals surface area contributed by atoms with Gasteiger partial charge in [0.25, 0.3) is 5.91 Å². The van der Waals surface area contributed by atoms with Gasteiger partial charge in [0.15, 0.2) is 11.5 Å². The van der Waals surface area contributed by atoms with Crippen LogP contribution in [0.3, 0.4) is 0 Å². The van der Waals surface area contributed by atoms with Gasteiger partial charge in [-0.25, -0.2) is 0 Å². The van der Waals surface area contributed by atoms with E-state index in [4.69, 9.17) is 4.42 Å². The van der Waals surface area contributed by atoms with Crippen molar-refractivity contribution >= 4 is 44.9 Å². The van der Waals surface area contributed by atoms with Crippen molar-refractivity contribution in [2.45, 2.75) is 19.4 Å². The molecular weight excluding hydrogens is 460 g/mol. The topological polar surface area (TPSA) is 86.5 Å². The largest absolute Gasteiger partial charge is 0.503 e. The molecular formula is C28H22N2O4S. The SMILES string of the molecule is Cc1ccsc1C1C(C(=O)c2cc3ccccc3o2)=C(O)C(=O)N1CCc1c[nH]c2ccccc12. The van der Waals surface area contributed by atoms with E-state index in [-0.39, 0.29) is 11.3 Å². The van der Waals surface area contributed by atoms with Crippen molar-refractivity contribution < 1.29 is 19.1 Å². The van der Waals surface area contributed by atoms with Crippen molar-refractivity contribution in [2.24, 2.45) is 0 Å². The zero-order valence-corrected chi connectivity index (χ0v) is 19.8. The lowest BCUT2D eigenvalue weighted by molar-refractivity contribution is -0.129. The molecule has 2 N–H and O–H groups in total. The van der Waals surface area contributed by atoms with Crippen LogP contribution in [0.15, 0.2) is 88.0 Å². The van der Waals surface area contributed by atoms with Crippen LogP contribution in [-0.4, -0.2) is 33.2 Å². The Hall–Kier alpha value is -4.10. The van der Waals surface area contributed by atoms with E-state index in [0.717, 1.165) is 32.3 Å². The fourth-order valence-electron chi connectivity index (χ4n) is 4.86. The summed E-state index contributed by atoms with van der Waals surface area (Å²) >= 11 is 1.47. The molecule has 7 heteroatoms. The third-order valence-corrected chi connectivity index (χ3v) is 7.72. The second-order valence-electron chi connectivity index (χ2n) is 8.72. The van der Waals surface area contributed by atoms with Gasteiger partial charge in [0.05, 0.1) is 5.57 Å². The smallest absolute Gasteiger partial charge is 0.290 e. The number of aliphatic hydroxyl groups is 1. The van der Waals surface area contributed by atoms with E-state index in [1.54, 1.807) is 17.0 Å². The Labute approximate surface area is 205 Å². The zero-order chi connectivity index (χ0) is 24.1. The molecule has 1 aliphatic heterocycles. The van der Waals surface area contributed by atoms with Crippen LogP contribution in [0.5, 0.6) is 0 Å². The van der Waals surface area contributed by atoms with Gasteiger partial charge in [-0.15, -0.1) is 11.3 Å². The first kappa shape index (κ1) is 21.4. The van der Waals surface area contributed by atoms with Crippen molar-refractivity contribution in [1.82, 2.24) is 9.88 Å². The molecule has 0 aliphatic carbocycles. The number of amides is 1. The minimum atomic E-state index is -0.673. The quantitative estimate of drug-likeness (QED) is 0.286. The molecule has 2 aromatic carbocycles. The van der Waals surface area contributed by atoms with Gasteiger partial charge in [-0.05, 0) is 54.1 Å². The second-order valence-corrected chi connectivity index (χ2v) is 9.67. The standard InChI is InChI=1S/C28H22N2O4S/c1-16-11-13-35-27(16)24-23(25(31)22-14-17-6-2-5-9-21(17)34-22)26(32)28(33)30(24)12-10-18-15-29-20-8-4-3-7-19(18)20/h2-9,11,13-15,24,29,32H,10,12H2,1H3. The highest BCUT2D eigenvalue weighted by Crippen LogP contribution is 2.42. The summed E-state index contributed by atoms with van der Waals surface area (Å²) in [5.41, 5.74) is 3.72. The predicted octanol–water partition coefficient (Wildman–Crippen LogP) is 6.11. The van der Waals surface area contributed by atoms with Crippen LogP contribution in [0.1, 0.15) is 32.6 Å². The van der Waals surface area contributed by atoms with Crippen LogP contribution in [0.4, 0.5) is 0 Å². The van der Waals surface area contributed by atoms with Gasteiger partial charge in [0, 0.05) is 33.9 Å². The Morgan fingerprint density at radius 2 is 1.94 bits per heavy atom. The Bertz CT molecular complexity index is 1600. The number of para-hydroxylation sites is 2. The number of aromatic nitrogens is 1. The van der Waals surface area contributed by atoms with Crippen LogP contribution in [0.25, 0.3) is 21.9 Å². The van der Waals surface area contributed by atoms with Crippen LogP contribution in [0, 0.1) is 6.92 Å². The molecule has 6 nitrogen and oxygen atoms in total. The number of rotatable bonds is 6. The molecule has 0 spiro atoms. The van der Waals surface area contributed by atoms with Crippen molar-refractivity contribution in [2.75, 3.05) is 6.54 Å². The average molecular weight is 483 g/mol. The number of carbonyl (C=O) groups is 2. The normalized spacial score (nSPS) is 16.2. The van der Waals surface area contributed by atoms with Gasteiger partial charge in [-0.2, -0.15) is 0 Å². The van der Waals surface area contributed by atoms with E-state index in [9.17, 15) is 14.7 Å². The molecule has 1 aliphatic rings. The molecule has 5 aromatic rings. The number of Topliss-reactive ketones (excluding diaryl/α,β-unsaturated/α-hetero) is 1. The molecule has 3 aromatic heterocycles. The summed E-state index contributed by atoms with van der Waals surface area (Å²) in [6.45, 7) is 2.30. The molecule has 1 unspecified atom stereocenters. The van der Waals surface area contributed by atoms with Crippen molar-refractivity contribution in [3.8, 4) is 0 Å². The first-order chi connectivity index (χ1) is 17.0. The van der Waals surface area contributed by atoms with Gasteiger partial charge in [-0.3, -0.25) is 9.59 Å². The molecule has 1 amide bonds. The molecule has 0 saturated carbocycles. The van der Waals surface area contributed by atoms with E-state index in [1.165, 1.54) is 11.3 Å². The Kier molecular flexibility index (Phi) is 5.07. The summed E-state index contributed by atoms with van der Waals surface area (Å²) in [5, 5.41) is 14.8. The molecule has 0 fully saturated rings. The lowest BCUT2D eigenvalue weighted by atomic mass is 9.98. The summed E-state index contributed by atoms with van der Waals surface area (Å²) in [6, 6.07) is 18.3. The van der Waals surface area contributed by atoms with Gasteiger partial charge in [0.2, 0.25) is 5.78 Å². The number of benzene rings is 2. The van der Waals surface area contributed by atoms with Crippen LogP contribution in [0.2, 0.25) is 0 Å². The number of H-pyrrole nitrogens is 1. The number of nitrogens with zero attached hydrogens (tertiary/aromatic N) is 1. The fraction of sp³-hybridized carbons (Fsp3) is 0.143. The number of hydrogen-bond donors (Lipinski definition) is 2. The highest BCUT2D eigenvalue weighted by atomic mass is 32.1.